The minimum absolute atomic E-state index is 0.849. The number of carbonyl (C=O) groups excluding carboxylic acids is 4. The summed E-state index contributed by atoms with van der Waals surface area (Å²) in [5.41, 5.74) is 0. The molecule has 25 heavy (non-hydrogen) atoms. The number of carboxylic acids is 1. The highest BCUT2D eigenvalue weighted by Crippen LogP contribution is 2.29. The van der Waals surface area contributed by atoms with Crippen molar-refractivity contribution in [3.05, 3.63) is 0 Å². The van der Waals surface area contributed by atoms with Crippen molar-refractivity contribution in [2.45, 2.75) is 58.4 Å². The summed E-state index contributed by atoms with van der Waals surface area (Å²) in [5.74, 6) is -5.03. The summed E-state index contributed by atoms with van der Waals surface area (Å²) in [6, 6.07) is 0. The first-order valence-corrected chi connectivity index (χ1v) is 7.10. The third kappa shape index (κ3) is 5.71. The normalized spacial score (nSPS) is 28.4. The highest BCUT2D eigenvalue weighted by molar-refractivity contribution is 5.75. The molecule has 0 aromatic rings. The first-order chi connectivity index (χ1) is 11.5. The van der Waals surface area contributed by atoms with Crippen molar-refractivity contribution >= 4 is 29.8 Å². The lowest BCUT2D eigenvalue weighted by molar-refractivity contribution is -0.293. The number of ether oxygens (including phenoxy) is 5. The van der Waals surface area contributed by atoms with Gasteiger partial charge < -0.3 is 28.8 Å². The molecule has 0 saturated carbocycles. The summed E-state index contributed by atoms with van der Waals surface area (Å²) in [5, 5.41) is 9.29. The number of rotatable bonds is 5. The highest BCUT2D eigenvalue weighted by Gasteiger charge is 2.55. The second-order valence-corrected chi connectivity index (χ2v) is 5.09. The second-order valence-electron chi connectivity index (χ2n) is 5.09. The minimum Gasteiger partial charge on any atom is -0.479 e. The van der Waals surface area contributed by atoms with Gasteiger partial charge in [0.15, 0.2) is 18.3 Å². The fraction of sp³-hybridized carbons (Fsp3) is 0.643. The van der Waals surface area contributed by atoms with Crippen molar-refractivity contribution in [2.24, 2.45) is 0 Å². The molecule has 1 fully saturated rings. The van der Waals surface area contributed by atoms with E-state index in [0.717, 1.165) is 27.7 Å². The van der Waals surface area contributed by atoms with Crippen molar-refractivity contribution < 1.29 is 52.8 Å². The van der Waals surface area contributed by atoms with Crippen LogP contribution < -0.4 is 0 Å². The van der Waals surface area contributed by atoms with E-state index in [2.05, 4.69) is 0 Å². The summed E-state index contributed by atoms with van der Waals surface area (Å²) < 4.78 is 24.8. The average molecular weight is 362 g/mol. The molecule has 11 heteroatoms. The van der Waals surface area contributed by atoms with E-state index >= 15 is 0 Å². The molecule has 1 aliphatic heterocycles. The predicted octanol–water partition coefficient (Wildman–Crippen LogP) is -0.846. The summed E-state index contributed by atoms with van der Waals surface area (Å²) in [6.45, 7) is 4.06. The van der Waals surface area contributed by atoms with E-state index in [1.165, 1.54) is 0 Å². The molecule has 5 atom stereocenters. The van der Waals surface area contributed by atoms with Crippen LogP contribution >= 0.6 is 0 Å². The van der Waals surface area contributed by atoms with Gasteiger partial charge in [-0.25, -0.2) is 4.79 Å². The van der Waals surface area contributed by atoms with Gasteiger partial charge in [0.2, 0.25) is 12.4 Å². The molecule has 0 bridgehead atoms. The van der Waals surface area contributed by atoms with Crippen LogP contribution in [0, 0.1) is 0 Å². The fourth-order valence-electron chi connectivity index (χ4n) is 2.23. The zero-order valence-electron chi connectivity index (χ0n) is 13.9. The molecule has 1 saturated heterocycles. The molecular weight excluding hydrogens is 344 g/mol. The Morgan fingerprint density at radius 3 is 1.48 bits per heavy atom. The van der Waals surface area contributed by atoms with Gasteiger partial charge in [-0.2, -0.15) is 0 Å². The molecule has 0 aromatic heterocycles. The molecule has 0 aromatic carbocycles. The molecule has 0 radical (unpaired) electrons. The van der Waals surface area contributed by atoms with Crippen LogP contribution in [0.3, 0.4) is 0 Å². The summed E-state index contributed by atoms with van der Waals surface area (Å²) >= 11 is 0. The van der Waals surface area contributed by atoms with Crippen molar-refractivity contribution in [1.29, 1.82) is 0 Å². The minimum atomic E-state index is -1.83. The molecule has 1 N–H and O–H groups in total. The molecular formula is C14H18O11. The summed E-state index contributed by atoms with van der Waals surface area (Å²) in [6.07, 6.45) is -8.24. The Balaban J connectivity index is 3.33. The molecule has 1 unspecified atom stereocenters. The first kappa shape index (κ1) is 20.4. The monoisotopic (exact) mass is 362 g/mol. The van der Waals surface area contributed by atoms with Crippen LogP contribution in [0.5, 0.6) is 0 Å². The number of carboxylic acid groups (broad SMARTS) is 1. The lowest BCUT2D eigenvalue weighted by Crippen LogP contribution is -2.63. The lowest BCUT2D eigenvalue weighted by Gasteiger charge is -2.42. The smallest absolute Gasteiger partial charge is 0.337 e. The van der Waals surface area contributed by atoms with Gasteiger partial charge in [-0.05, 0) is 0 Å². The standard InChI is InChI=1S/C14H18O11/c1-5(15)21-9-10(22-6(2)16)12(23-7(3)17)14(24-8(4)18)25-11(9)13(19)20/h9-12,14H,1-4H3,(H,19,20)/t9-,10-,11-,12+,14?/m0/s1. The van der Waals surface area contributed by atoms with Gasteiger partial charge in [0.25, 0.3) is 0 Å². The molecule has 1 aliphatic rings. The van der Waals surface area contributed by atoms with Crippen molar-refractivity contribution in [3.8, 4) is 0 Å². The van der Waals surface area contributed by atoms with Crippen LogP contribution in [-0.4, -0.2) is 65.7 Å². The molecule has 0 aliphatic carbocycles. The van der Waals surface area contributed by atoms with Crippen LogP contribution in [0.25, 0.3) is 0 Å². The maximum absolute atomic E-state index is 11.4. The molecule has 11 nitrogen and oxygen atoms in total. The molecule has 0 spiro atoms. The predicted molar refractivity (Wildman–Crippen MR) is 74.7 cm³/mol. The number of carbonyl (C=O) groups is 5. The summed E-state index contributed by atoms with van der Waals surface area (Å²) in [7, 11) is 0. The van der Waals surface area contributed by atoms with Gasteiger partial charge in [-0.1, -0.05) is 0 Å². The highest BCUT2D eigenvalue weighted by atomic mass is 16.7. The van der Waals surface area contributed by atoms with E-state index in [1.54, 1.807) is 0 Å². The van der Waals surface area contributed by atoms with E-state index in [9.17, 15) is 29.1 Å². The molecule has 1 rings (SSSR count). The Kier molecular flexibility index (Phi) is 6.86. The summed E-state index contributed by atoms with van der Waals surface area (Å²) in [4.78, 5) is 56.7. The number of hydrogen-bond acceptors (Lipinski definition) is 10. The SMILES string of the molecule is CC(=O)OC1O[C@H](C(=O)O)[C@@H](OC(C)=O)[C@H](OC(C)=O)[C@H]1OC(C)=O. The van der Waals surface area contributed by atoms with Crippen molar-refractivity contribution in [1.82, 2.24) is 0 Å². The van der Waals surface area contributed by atoms with Gasteiger partial charge in [0, 0.05) is 27.7 Å². The first-order valence-electron chi connectivity index (χ1n) is 7.10. The van der Waals surface area contributed by atoms with E-state index in [4.69, 9.17) is 23.7 Å². The Labute approximate surface area is 142 Å². The maximum atomic E-state index is 11.4. The zero-order valence-corrected chi connectivity index (χ0v) is 13.9. The van der Waals surface area contributed by atoms with E-state index in [-0.39, 0.29) is 0 Å². The average Bonchev–Trinajstić information content (AvgIpc) is 2.42. The Hall–Kier alpha value is -2.69. The van der Waals surface area contributed by atoms with E-state index in [0.29, 0.717) is 0 Å². The molecule has 1 heterocycles. The van der Waals surface area contributed by atoms with Crippen LogP contribution in [0.1, 0.15) is 27.7 Å². The Morgan fingerprint density at radius 2 is 1.08 bits per heavy atom. The zero-order chi connectivity index (χ0) is 19.3. The topological polar surface area (TPSA) is 152 Å². The Bertz CT molecular complexity index is 569. The number of aliphatic carboxylic acids is 1. The molecule has 0 amide bonds. The van der Waals surface area contributed by atoms with Crippen LogP contribution in [0.2, 0.25) is 0 Å². The molecule has 140 valence electrons. The quantitative estimate of drug-likeness (QED) is 0.481. The van der Waals surface area contributed by atoms with E-state index in [1.807, 2.05) is 0 Å². The van der Waals surface area contributed by atoms with Crippen molar-refractivity contribution in [3.63, 3.8) is 0 Å². The second kappa shape index (κ2) is 8.42. The van der Waals surface area contributed by atoms with Gasteiger partial charge in [-0.3, -0.25) is 19.2 Å². The number of esters is 4. The van der Waals surface area contributed by atoms with Crippen LogP contribution in [0.15, 0.2) is 0 Å². The van der Waals surface area contributed by atoms with Crippen LogP contribution in [-0.2, 0) is 47.7 Å². The third-order valence-corrected chi connectivity index (χ3v) is 2.93. The third-order valence-electron chi connectivity index (χ3n) is 2.93. The Morgan fingerprint density at radius 1 is 0.680 bits per heavy atom. The lowest BCUT2D eigenvalue weighted by atomic mass is 9.98. The number of hydrogen-bond donors (Lipinski definition) is 1. The van der Waals surface area contributed by atoms with Crippen LogP contribution in [0.4, 0.5) is 0 Å². The maximum Gasteiger partial charge on any atom is 0.337 e. The van der Waals surface area contributed by atoms with Gasteiger partial charge >= 0.3 is 29.8 Å². The fourth-order valence-corrected chi connectivity index (χ4v) is 2.23. The van der Waals surface area contributed by atoms with Gasteiger partial charge in [0.1, 0.15) is 0 Å². The van der Waals surface area contributed by atoms with Crippen molar-refractivity contribution in [2.75, 3.05) is 0 Å². The van der Waals surface area contributed by atoms with Gasteiger partial charge in [-0.15, -0.1) is 0 Å². The van der Waals surface area contributed by atoms with E-state index < -0.39 is 60.6 Å². The largest absolute Gasteiger partial charge is 0.479 e. The van der Waals surface area contributed by atoms with Gasteiger partial charge in [0.05, 0.1) is 0 Å².